The van der Waals surface area contributed by atoms with E-state index in [9.17, 15) is 4.79 Å². The van der Waals surface area contributed by atoms with Crippen molar-refractivity contribution in [3.8, 4) is 0 Å². The van der Waals surface area contributed by atoms with E-state index in [0.29, 0.717) is 6.04 Å². The summed E-state index contributed by atoms with van der Waals surface area (Å²) in [6.45, 7) is 2.84. The molecule has 0 aromatic rings. The highest BCUT2D eigenvalue weighted by atomic mass is 35.5. The number of carbonyl (C=O) groups is 1. The fraction of sp³-hybridized carbons (Fsp3) is 0.875. The molecule has 0 aliphatic carbocycles. The van der Waals surface area contributed by atoms with Crippen LogP contribution < -0.4 is 0 Å². The zero-order valence-electron chi connectivity index (χ0n) is 7.09. The third-order valence-electron chi connectivity index (χ3n) is 2.27. The molecule has 0 spiro atoms. The Kier molecular flexibility index (Phi) is 3.66. The molecule has 1 amide bonds. The fourth-order valence-corrected chi connectivity index (χ4v) is 1.80. The minimum Gasteiger partial charge on any atom is -0.338 e. The van der Waals surface area contributed by atoms with E-state index >= 15 is 0 Å². The molecule has 0 saturated carbocycles. The first kappa shape index (κ1) is 10.1. The Morgan fingerprint density at radius 3 is 2.67 bits per heavy atom. The van der Waals surface area contributed by atoms with Crippen molar-refractivity contribution in [3.05, 3.63) is 0 Å². The highest BCUT2D eigenvalue weighted by Gasteiger charge is 2.26. The van der Waals surface area contributed by atoms with Gasteiger partial charge in [-0.3, -0.25) is 4.79 Å². The van der Waals surface area contributed by atoms with Crippen molar-refractivity contribution in [3.63, 3.8) is 0 Å². The van der Waals surface area contributed by atoms with Crippen LogP contribution in [-0.4, -0.2) is 28.2 Å². The Hall–Kier alpha value is 0.0500. The van der Waals surface area contributed by atoms with Gasteiger partial charge in [0.15, 0.2) is 4.84 Å². The van der Waals surface area contributed by atoms with E-state index in [1.165, 1.54) is 6.42 Å². The average Bonchev–Trinajstić information content (AvgIpc) is 2.04. The summed E-state index contributed by atoms with van der Waals surface area (Å²) in [6, 6.07) is 0.297. The van der Waals surface area contributed by atoms with Gasteiger partial charge in [-0.05, 0) is 26.2 Å². The van der Waals surface area contributed by atoms with Crippen LogP contribution in [0.3, 0.4) is 0 Å². The summed E-state index contributed by atoms with van der Waals surface area (Å²) in [6.07, 6.45) is 3.32. The van der Waals surface area contributed by atoms with Gasteiger partial charge in [-0.1, -0.05) is 23.2 Å². The average molecular weight is 210 g/mol. The fourth-order valence-electron chi connectivity index (χ4n) is 1.55. The van der Waals surface area contributed by atoms with E-state index < -0.39 is 4.84 Å². The number of amides is 1. The molecule has 1 unspecified atom stereocenters. The summed E-state index contributed by atoms with van der Waals surface area (Å²) < 4.78 is 0. The maximum Gasteiger partial charge on any atom is 0.256 e. The van der Waals surface area contributed by atoms with Crippen molar-refractivity contribution in [2.75, 3.05) is 6.54 Å². The van der Waals surface area contributed by atoms with Crippen LogP contribution in [0.1, 0.15) is 26.2 Å². The number of likely N-dealkylation sites (tertiary alicyclic amines) is 1. The lowest BCUT2D eigenvalue weighted by molar-refractivity contribution is -0.132. The Morgan fingerprint density at radius 2 is 2.17 bits per heavy atom. The second-order valence-electron chi connectivity index (χ2n) is 3.18. The molecule has 1 rings (SSSR count). The third kappa shape index (κ3) is 2.27. The molecule has 0 bridgehead atoms. The minimum atomic E-state index is -0.898. The Labute approximate surface area is 82.8 Å². The number of hydrogen-bond donors (Lipinski definition) is 0. The van der Waals surface area contributed by atoms with Gasteiger partial charge in [0, 0.05) is 12.6 Å². The molecule has 1 aliphatic heterocycles. The van der Waals surface area contributed by atoms with E-state index in [-0.39, 0.29) is 5.91 Å². The van der Waals surface area contributed by atoms with Crippen LogP contribution in [0.25, 0.3) is 0 Å². The van der Waals surface area contributed by atoms with Crippen LogP contribution in [0.15, 0.2) is 0 Å². The Morgan fingerprint density at radius 1 is 1.50 bits per heavy atom. The predicted octanol–water partition coefficient (Wildman–Crippen LogP) is 2.19. The van der Waals surface area contributed by atoms with Crippen LogP contribution in [0, 0.1) is 0 Å². The zero-order valence-corrected chi connectivity index (χ0v) is 8.61. The van der Waals surface area contributed by atoms with Crippen molar-refractivity contribution in [1.82, 2.24) is 4.90 Å². The Bertz CT molecular complexity index is 172. The normalized spacial score (nSPS) is 24.7. The van der Waals surface area contributed by atoms with Gasteiger partial charge in [0.05, 0.1) is 0 Å². The number of rotatable bonds is 1. The molecule has 1 heterocycles. The third-order valence-corrected chi connectivity index (χ3v) is 2.65. The minimum absolute atomic E-state index is 0.148. The van der Waals surface area contributed by atoms with Gasteiger partial charge in [0.2, 0.25) is 0 Å². The van der Waals surface area contributed by atoms with Gasteiger partial charge in [0.25, 0.3) is 5.91 Å². The van der Waals surface area contributed by atoms with Crippen molar-refractivity contribution in [2.24, 2.45) is 0 Å². The maximum absolute atomic E-state index is 11.4. The summed E-state index contributed by atoms with van der Waals surface area (Å²) in [5.41, 5.74) is 0. The summed E-state index contributed by atoms with van der Waals surface area (Å²) >= 11 is 11.0. The largest absolute Gasteiger partial charge is 0.338 e. The number of hydrogen-bond acceptors (Lipinski definition) is 1. The van der Waals surface area contributed by atoms with Crippen molar-refractivity contribution >= 4 is 29.1 Å². The lowest BCUT2D eigenvalue weighted by atomic mass is 10.0. The number of nitrogens with zero attached hydrogens (tertiary/aromatic N) is 1. The van der Waals surface area contributed by atoms with E-state index in [0.717, 1.165) is 19.4 Å². The van der Waals surface area contributed by atoms with E-state index in [1.54, 1.807) is 4.90 Å². The van der Waals surface area contributed by atoms with Crippen LogP contribution >= 0.6 is 23.2 Å². The molecule has 0 aromatic heterocycles. The molecular formula is C8H13Cl2NO. The molecule has 4 heteroatoms. The lowest BCUT2D eigenvalue weighted by Crippen LogP contribution is -2.44. The first-order valence-electron chi connectivity index (χ1n) is 4.21. The number of piperidine rings is 1. The van der Waals surface area contributed by atoms with Crippen molar-refractivity contribution < 1.29 is 4.79 Å². The first-order chi connectivity index (χ1) is 5.63. The molecule has 2 nitrogen and oxygen atoms in total. The molecule has 70 valence electrons. The van der Waals surface area contributed by atoms with E-state index in [4.69, 9.17) is 23.2 Å². The molecule has 12 heavy (non-hydrogen) atoms. The van der Waals surface area contributed by atoms with Crippen LogP contribution in [0.2, 0.25) is 0 Å². The molecule has 1 aliphatic rings. The summed E-state index contributed by atoms with van der Waals surface area (Å²) in [5, 5.41) is 0. The van der Waals surface area contributed by atoms with Crippen LogP contribution in [-0.2, 0) is 4.79 Å². The molecule has 1 atom stereocenters. The number of alkyl halides is 2. The molecule has 0 N–H and O–H groups in total. The Balaban J connectivity index is 2.53. The van der Waals surface area contributed by atoms with Gasteiger partial charge in [0.1, 0.15) is 0 Å². The summed E-state index contributed by atoms with van der Waals surface area (Å²) in [7, 11) is 0. The molecule has 1 saturated heterocycles. The SMILES string of the molecule is CC1CCCCN1C(=O)C(Cl)Cl. The number of carbonyl (C=O) groups excluding carboxylic acids is 1. The first-order valence-corrected chi connectivity index (χ1v) is 5.09. The zero-order chi connectivity index (χ0) is 9.14. The highest BCUT2D eigenvalue weighted by Crippen LogP contribution is 2.19. The lowest BCUT2D eigenvalue weighted by Gasteiger charge is -2.33. The van der Waals surface area contributed by atoms with E-state index in [2.05, 4.69) is 0 Å². The monoisotopic (exact) mass is 209 g/mol. The summed E-state index contributed by atoms with van der Waals surface area (Å²) in [4.78, 5) is 12.2. The van der Waals surface area contributed by atoms with Crippen molar-refractivity contribution in [1.29, 1.82) is 0 Å². The maximum atomic E-state index is 11.4. The van der Waals surface area contributed by atoms with Crippen molar-refractivity contribution in [2.45, 2.75) is 37.1 Å². The van der Waals surface area contributed by atoms with Gasteiger partial charge in [-0.2, -0.15) is 0 Å². The topological polar surface area (TPSA) is 20.3 Å². The van der Waals surface area contributed by atoms with E-state index in [1.807, 2.05) is 6.92 Å². The highest BCUT2D eigenvalue weighted by molar-refractivity contribution is 6.53. The quantitative estimate of drug-likeness (QED) is 0.607. The number of halogens is 2. The smallest absolute Gasteiger partial charge is 0.256 e. The second kappa shape index (κ2) is 4.33. The second-order valence-corrected chi connectivity index (χ2v) is 4.27. The van der Waals surface area contributed by atoms with Gasteiger partial charge < -0.3 is 4.90 Å². The van der Waals surface area contributed by atoms with Gasteiger partial charge in [-0.15, -0.1) is 0 Å². The van der Waals surface area contributed by atoms with Gasteiger partial charge >= 0.3 is 0 Å². The van der Waals surface area contributed by atoms with Crippen LogP contribution in [0.5, 0.6) is 0 Å². The summed E-state index contributed by atoms with van der Waals surface area (Å²) in [5.74, 6) is -0.148. The predicted molar refractivity (Wildman–Crippen MR) is 50.5 cm³/mol. The molecule has 0 radical (unpaired) electrons. The van der Waals surface area contributed by atoms with Gasteiger partial charge in [-0.25, -0.2) is 0 Å². The molecular weight excluding hydrogens is 197 g/mol. The molecule has 0 aromatic carbocycles. The molecule has 1 fully saturated rings. The van der Waals surface area contributed by atoms with Crippen LogP contribution in [0.4, 0.5) is 0 Å². The standard InChI is InChI=1S/C8H13Cl2NO/c1-6-4-2-3-5-11(6)8(12)7(9)10/h6-7H,2-5H2,1H3.